The number of hydrogen-bond acceptors (Lipinski definition) is 6. The van der Waals surface area contributed by atoms with E-state index >= 15 is 0 Å². The van der Waals surface area contributed by atoms with E-state index in [0.717, 1.165) is 16.7 Å². The van der Waals surface area contributed by atoms with E-state index in [-0.39, 0.29) is 49.0 Å². The summed E-state index contributed by atoms with van der Waals surface area (Å²) in [5.41, 5.74) is 3.12. The molecule has 1 aliphatic heterocycles. The number of hydrogen-bond donors (Lipinski definition) is 2. The van der Waals surface area contributed by atoms with Crippen molar-refractivity contribution in [2.24, 2.45) is 0 Å². The second-order valence-electron chi connectivity index (χ2n) is 7.89. The van der Waals surface area contributed by atoms with Gasteiger partial charge in [0.15, 0.2) is 0 Å². The maximum absolute atomic E-state index is 13.5. The number of benzene rings is 2. The molecule has 0 radical (unpaired) electrons. The van der Waals surface area contributed by atoms with E-state index in [1.54, 1.807) is 16.8 Å². The number of aryl methyl sites for hydroxylation is 1. The van der Waals surface area contributed by atoms with Gasteiger partial charge in [-0.1, -0.05) is 42.0 Å². The molecule has 0 spiro atoms. The fourth-order valence-corrected chi connectivity index (χ4v) is 3.79. The number of nitrogens with one attached hydrogen (secondary N) is 2. The van der Waals surface area contributed by atoms with Crippen molar-refractivity contribution in [1.82, 2.24) is 14.8 Å². The molecule has 32 heavy (non-hydrogen) atoms. The number of amides is 1. The van der Waals surface area contributed by atoms with Crippen molar-refractivity contribution in [2.75, 3.05) is 10.6 Å². The van der Waals surface area contributed by atoms with Gasteiger partial charge in [-0.15, -0.1) is 5.10 Å². The van der Waals surface area contributed by atoms with Crippen LogP contribution in [0.5, 0.6) is 0 Å². The summed E-state index contributed by atoms with van der Waals surface area (Å²) in [6.45, 7) is 2.03. The highest BCUT2D eigenvalue weighted by Gasteiger charge is 2.31. The Morgan fingerprint density at radius 3 is 2.50 bits per heavy atom. The number of fused-ring (bicyclic) bond motifs is 1. The van der Waals surface area contributed by atoms with Crippen LogP contribution in [0.25, 0.3) is 0 Å². The molecule has 0 unspecified atom stereocenters. The largest absolute Gasteiger partial charge is 0.550 e. The molecule has 0 saturated heterocycles. The van der Waals surface area contributed by atoms with Crippen LogP contribution >= 0.6 is 0 Å². The summed E-state index contributed by atoms with van der Waals surface area (Å²) in [7, 11) is 0. The molecule has 0 fully saturated rings. The van der Waals surface area contributed by atoms with Crippen LogP contribution in [0.2, 0.25) is 0 Å². The number of nitrogens with zero attached hydrogens (tertiary/aromatic N) is 3. The molecule has 2 aromatic carbocycles. The molecule has 9 heteroatoms. The molecule has 0 saturated carbocycles. The van der Waals surface area contributed by atoms with Gasteiger partial charge in [-0.3, -0.25) is 10.1 Å². The van der Waals surface area contributed by atoms with Gasteiger partial charge >= 0.3 is 0 Å². The third kappa shape index (κ3) is 4.93. The number of rotatable bonds is 7. The summed E-state index contributed by atoms with van der Waals surface area (Å²) in [5, 5.41) is 21.0. The van der Waals surface area contributed by atoms with Crippen molar-refractivity contribution in [3.63, 3.8) is 0 Å². The summed E-state index contributed by atoms with van der Waals surface area (Å²) in [4.78, 5) is 27.1. The van der Waals surface area contributed by atoms with Gasteiger partial charge in [-0.05, 0) is 49.4 Å². The number of aromatic nitrogens is 3. The molecule has 0 aliphatic carbocycles. The van der Waals surface area contributed by atoms with E-state index in [1.165, 1.54) is 12.1 Å². The van der Waals surface area contributed by atoms with E-state index in [0.29, 0.717) is 12.4 Å². The van der Waals surface area contributed by atoms with Crippen molar-refractivity contribution in [3.8, 4) is 0 Å². The molecule has 0 bridgehead atoms. The zero-order valence-electron chi connectivity index (χ0n) is 17.5. The zero-order valence-corrected chi connectivity index (χ0v) is 17.5. The van der Waals surface area contributed by atoms with Crippen LogP contribution < -0.4 is 15.7 Å². The van der Waals surface area contributed by atoms with Crippen molar-refractivity contribution in [2.45, 2.75) is 44.7 Å². The lowest BCUT2D eigenvalue weighted by Gasteiger charge is -2.31. The van der Waals surface area contributed by atoms with Crippen molar-refractivity contribution in [1.29, 1.82) is 0 Å². The van der Waals surface area contributed by atoms with Gasteiger partial charge in [0.05, 0.1) is 12.1 Å². The van der Waals surface area contributed by atoms with Crippen LogP contribution in [0.3, 0.4) is 0 Å². The van der Waals surface area contributed by atoms with Gasteiger partial charge in [0.2, 0.25) is 11.9 Å². The first-order valence-corrected chi connectivity index (χ1v) is 10.4. The molecule has 2 heterocycles. The quantitative estimate of drug-likeness (QED) is 0.589. The van der Waals surface area contributed by atoms with Crippen LogP contribution in [0, 0.1) is 12.7 Å². The third-order valence-corrected chi connectivity index (χ3v) is 5.46. The molecule has 2 atom stereocenters. The lowest BCUT2D eigenvalue weighted by atomic mass is 9.93. The van der Waals surface area contributed by atoms with Crippen LogP contribution in [0.15, 0.2) is 48.5 Å². The number of carboxylic acid groups (broad SMARTS) is 1. The fraction of sp³-hybridized carbons (Fsp3) is 0.304. The lowest BCUT2D eigenvalue weighted by Crippen LogP contribution is -2.28. The molecular weight excluding hydrogens is 413 g/mol. The highest BCUT2D eigenvalue weighted by atomic mass is 19.1. The summed E-state index contributed by atoms with van der Waals surface area (Å²) in [6.07, 6.45) is 0.670. The topological polar surface area (TPSA) is 112 Å². The Labute approximate surface area is 184 Å². The first kappa shape index (κ1) is 21.5. The van der Waals surface area contributed by atoms with E-state index in [4.69, 9.17) is 0 Å². The van der Waals surface area contributed by atoms with Gasteiger partial charge in [0.25, 0.3) is 5.95 Å². The Hall–Kier alpha value is -3.75. The maximum atomic E-state index is 13.5. The Kier molecular flexibility index (Phi) is 6.16. The standard InChI is InChI=1S/C23H24FN5O3/c1-14-5-7-15(8-6-14)18-13-19(16-9-11-17(24)12-10-16)29-23(25-18)27-22(28-29)26-20(30)3-2-4-21(31)32/h5-12,18-19H,2-4,13H2,1H3,(H,31,32)(H2,25,26,27,28,30)/p-1/t18-,19-/m1/s1. The summed E-state index contributed by atoms with van der Waals surface area (Å²) in [6, 6.07) is 14.2. The molecule has 4 rings (SSSR count). The molecule has 3 aromatic rings. The fourth-order valence-electron chi connectivity index (χ4n) is 3.79. The smallest absolute Gasteiger partial charge is 0.250 e. The predicted octanol–water partition coefficient (Wildman–Crippen LogP) is 2.73. The van der Waals surface area contributed by atoms with E-state index in [1.807, 2.05) is 19.1 Å². The lowest BCUT2D eigenvalue weighted by molar-refractivity contribution is -0.305. The number of halogens is 1. The molecule has 8 nitrogen and oxygen atoms in total. The van der Waals surface area contributed by atoms with Crippen molar-refractivity contribution < 1.29 is 19.1 Å². The number of carboxylic acids is 1. The van der Waals surface area contributed by atoms with Gasteiger partial charge in [0, 0.05) is 12.4 Å². The Bertz CT molecular complexity index is 1110. The molecule has 2 N–H and O–H groups in total. The van der Waals surface area contributed by atoms with Gasteiger partial charge in [0.1, 0.15) is 5.82 Å². The van der Waals surface area contributed by atoms with Crippen molar-refractivity contribution in [3.05, 3.63) is 71.0 Å². The normalized spacial score (nSPS) is 17.3. The highest BCUT2D eigenvalue weighted by molar-refractivity contribution is 5.89. The van der Waals surface area contributed by atoms with E-state index < -0.39 is 5.97 Å². The van der Waals surface area contributed by atoms with Crippen LogP contribution in [0.4, 0.5) is 16.3 Å². The maximum Gasteiger partial charge on any atom is 0.250 e. The summed E-state index contributed by atoms with van der Waals surface area (Å²) >= 11 is 0. The Balaban J connectivity index is 1.59. The van der Waals surface area contributed by atoms with E-state index in [2.05, 4.69) is 32.8 Å². The van der Waals surface area contributed by atoms with Gasteiger partial charge < -0.3 is 15.2 Å². The minimum Gasteiger partial charge on any atom is -0.550 e. The first-order chi connectivity index (χ1) is 15.4. The molecule has 166 valence electrons. The second-order valence-corrected chi connectivity index (χ2v) is 7.89. The number of carbonyl (C=O) groups excluding carboxylic acids is 2. The SMILES string of the molecule is Cc1ccc([C@H]2C[C@H](c3ccc(F)cc3)n3nc(NC(=O)CCCC(=O)[O-])nc3N2)cc1. The first-order valence-electron chi connectivity index (χ1n) is 10.4. The summed E-state index contributed by atoms with van der Waals surface area (Å²) in [5.74, 6) is -1.27. The Morgan fingerprint density at radius 2 is 1.81 bits per heavy atom. The minimum atomic E-state index is -1.19. The monoisotopic (exact) mass is 436 g/mol. The van der Waals surface area contributed by atoms with Crippen molar-refractivity contribution >= 4 is 23.8 Å². The third-order valence-electron chi connectivity index (χ3n) is 5.46. The number of aliphatic carboxylic acids is 1. The average molecular weight is 436 g/mol. The van der Waals surface area contributed by atoms with Gasteiger partial charge in [-0.25, -0.2) is 9.07 Å². The average Bonchev–Trinajstić information content (AvgIpc) is 3.16. The molecule has 1 aromatic heterocycles. The van der Waals surface area contributed by atoms with Crippen LogP contribution in [0.1, 0.15) is 54.5 Å². The minimum absolute atomic E-state index is 0.0265. The Morgan fingerprint density at radius 1 is 1.12 bits per heavy atom. The predicted molar refractivity (Wildman–Crippen MR) is 114 cm³/mol. The molecule has 1 amide bonds. The number of carbonyl (C=O) groups is 2. The zero-order chi connectivity index (χ0) is 22.7. The second kappa shape index (κ2) is 9.17. The van der Waals surface area contributed by atoms with Crippen LogP contribution in [-0.2, 0) is 9.59 Å². The van der Waals surface area contributed by atoms with E-state index in [9.17, 15) is 19.1 Å². The molecular formula is C23H23FN5O3-. The van der Waals surface area contributed by atoms with Crippen LogP contribution in [-0.4, -0.2) is 26.6 Å². The number of anilines is 2. The highest BCUT2D eigenvalue weighted by Crippen LogP contribution is 2.38. The summed E-state index contributed by atoms with van der Waals surface area (Å²) < 4.78 is 15.2. The molecule has 1 aliphatic rings. The van der Waals surface area contributed by atoms with Gasteiger partial charge in [-0.2, -0.15) is 4.98 Å².